The van der Waals surface area contributed by atoms with Crippen molar-refractivity contribution in [3.63, 3.8) is 0 Å². The third kappa shape index (κ3) is 4.61. The van der Waals surface area contributed by atoms with Crippen molar-refractivity contribution in [2.45, 2.75) is 52.2 Å². The quantitative estimate of drug-likeness (QED) is 0.395. The minimum absolute atomic E-state index is 0.00153. The predicted octanol–water partition coefficient (Wildman–Crippen LogP) is 2.31. The Kier molecular flexibility index (Phi) is 6.20. The fraction of sp³-hybridized carbons (Fsp3) is 0.478. The van der Waals surface area contributed by atoms with Gasteiger partial charge in [-0.05, 0) is 49.9 Å². The van der Waals surface area contributed by atoms with Crippen LogP contribution in [-0.2, 0) is 28.9 Å². The number of nitrogens with one attached hydrogen (secondary N) is 1. The number of fused-ring (bicyclic) bond motifs is 2. The van der Waals surface area contributed by atoms with Gasteiger partial charge >= 0.3 is 6.08 Å². The molecule has 10 heteroatoms. The highest BCUT2D eigenvalue weighted by Gasteiger charge is 2.26. The molecule has 0 fully saturated rings. The lowest BCUT2D eigenvalue weighted by atomic mass is 10.0. The molecule has 1 amide bonds. The van der Waals surface area contributed by atoms with Crippen molar-refractivity contribution in [2.24, 2.45) is 0 Å². The van der Waals surface area contributed by atoms with Crippen LogP contribution >= 0.6 is 0 Å². The van der Waals surface area contributed by atoms with Gasteiger partial charge in [0.05, 0.1) is 6.61 Å². The zero-order valence-corrected chi connectivity index (χ0v) is 19.4. The van der Waals surface area contributed by atoms with E-state index in [1.165, 1.54) is 12.7 Å². The molecular weight excluding hydrogens is 427 g/mol. The Hall–Kier alpha value is -3.27. The molecule has 1 aliphatic rings. The first kappa shape index (κ1) is 22.9. The van der Waals surface area contributed by atoms with Gasteiger partial charge in [-0.3, -0.25) is 4.79 Å². The molecule has 0 aliphatic carbocycles. The van der Waals surface area contributed by atoms with Crippen molar-refractivity contribution in [2.75, 3.05) is 26.0 Å². The van der Waals surface area contributed by atoms with E-state index in [0.29, 0.717) is 49.5 Å². The first-order chi connectivity index (χ1) is 15.7. The lowest BCUT2D eigenvalue weighted by Crippen LogP contribution is -2.44. The number of nitrogens with two attached hydrogens (primary N) is 1. The average molecular weight is 457 g/mol. The van der Waals surface area contributed by atoms with Gasteiger partial charge in [0, 0.05) is 33.0 Å². The second-order valence-electron chi connectivity index (χ2n) is 8.72. The highest BCUT2D eigenvalue weighted by Crippen LogP contribution is 2.30. The third-order valence-corrected chi connectivity index (χ3v) is 6.07. The first-order valence-corrected chi connectivity index (χ1v) is 11.0. The number of hydrogen-bond acceptors (Lipinski definition) is 7. The maximum absolute atomic E-state index is 14.0. The molecular formula is C23H29FN6O3. The largest absolute Gasteiger partial charge is 0.493 e. The summed E-state index contributed by atoms with van der Waals surface area (Å²) in [5, 5.41) is 2.87. The summed E-state index contributed by atoms with van der Waals surface area (Å²) in [6.07, 6.45) is 1.10. The molecule has 0 spiro atoms. The van der Waals surface area contributed by atoms with Gasteiger partial charge in [0.25, 0.3) is 5.91 Å². The zero-order valence-electron chi connectivity index (χ0n) is 19.4. The number of rotatable bonds is 8. The molecule has 2 aromatic heterocycles. The highest BCUT2D eigenvalue weighted by atomic mass is 19.1. The summed E-state index contributed by atoms with van der Waals surface area (Å²) >= 11 is 0. The van der Waals surface area contributed by atoms with Crippen molar-refractivity contribution in [1.82, 2.24) is 24.8 Å². The first-order valence-electron chi connectivity index (χ1n) is 11.0. The molecule has 0 saturated heterocycles. The zero-order chi connectivity index (χ0) is 23.8. The Balaban J connectivity index is 1.60. The minimum Gasteiger partial charge on any atom is -0.493 e. The molecule has 4 rings (SSSR count). The van der Waals surface area contributed by atoms with Gasteiger partial charge < -0.3 is 25.1 Å². The molecule has 9 nitrogen and oxygen atoms in total. The molecule has 176 valence electrons. The van der Waals surface area contributed by atoms with Gasteiger partial charge in [-0.25, -0.2) is 4.98 Å². The second kappa shape index (κ2) is 8.93. The predicted molar refractivity (Wildman–Crippen MR) is 122 cm³/mol. The normalized spacial score (nSPS) is 13.2. The van der Waals surface area contributed by atoms with Crippen LogP contribution in [0.3, 0.4) is 0 Å². The summed E-state index contributed by atoms with van der Waals surface area (Å²) in [4.78, 5) is 24.5. The van der Waals surface area contributed by atoms with Crippen molar-refractivity contribution < 1.29 is 18.7 Å². The van der Waals surface area contributed by atoms with Gasteiger partial charge in [-0.1, -0.05) is 6.07 Å². The number of ether oxygens (including phenoxy) is 2. The van der Waals surface area contributed by atoms with E-state index in [2.05, 4.69) is 33.3 Å². The highest BCUT2D eigenvalue weighted by molar-refractivity contribution is 5.84. The average Bonchev–Trinajstić information content (AvgIpc) is 3.35. The number of nitrogen functional groups attached to an aromatic ring is 1. The molecule has 0 saturated carbocycles. The fourth-order valence-corrected chi connectivity index (χ4v) is 3.91. The molecule has 3 heterocycles. The molecule has 1 aliphatic heterocycles. The van der Waals surface area contributed by atoms with Crippen molar-refractivity contribution in [3.05, 3.63) is 40.7 Å². The number of hydrogen-bond donors (Lipinski definition) is 2. The summed E-state index contributed by atoms with van der Waals surface area (Å²) in [7, 11) is 1.49. The van der Waals surface area contributed by atoms with Crippen molar-refractivity contribution in [1.29, 1.82) is 0 Å². The van der Waals surface area contributed by atoms with E-state index < -0.39 is 11.7 Å². The number of carbonyl (C=O) groups is 1. The molecule has 3 aromatic rings. The summed E-state index contributed by atoms with van der Waals surface area (Å²) < 4.78 is 26.7. The maximum Gasteiger partial charge on any atom is 0.312 e. The van der Waals surface area contributed by atoms with Crippen LogP contribution in [-0.4, -0.2) is 51.3 Å². The molecule has 1 aromatic carbocycles. The van der Waals surface area contributed by atoms with Crippen LogP contribution in [0.5, 0.6) is 5.75 Å². The van der Waals surface area contributed by atoms with Crippen molar-refractivity contribution in [3.8, 4) is 5.75 Å². The summed E-state index contributed by atoms with van der Waals surface area (Å²) in [6.45, 7) is 7.04. The van der Waals surface area contributed by atoms with E-state index in [4.69, 9.17) is 15.2 Å². The van der Waals surface area contributed by atoms with Crippen LogP contribution in [0.2, 0.25) is 0 Å². The fourth-order valence-electron chi connectivity index (χ4n) is 3.91. The van der Waals surface area contributed by atoms with E-state index in [9.17, 15) is 9.18 Å². The number of anilines is 1. The monoisotopic (exact) mass is 456 g/mol. The Morgan fingerprint density at radius 2 is 2.12 bits per heavy atom. The summed E-state index contributed by atoms with van der Waals surface area (Å²) in [5.74, 6) is 1.39. The van der Waals surface area contributed by atoms with Gasteiger partial charge in [0.2, 0.25) is 0 Å². The van der Waals surface area contributed by atoms with Gasteiger partial charge in [0.1, 0.15) is 17.2 Å². The Bertz CT molecular complexity index is 1210. The number of carbonyl (C=O) groups excluding carboxylic acids is 1. The number of imidazole rings is 1. The molecule has 0 atom stereocenters. The number of aromatic nitrogens is 4. The van der Waals surface area contributed by atoms with E-state index in [1.807, 2.05) is 10.6 Å². The van der Waals surface area contributed by atoms with E-state index in [1.54, 1.807) is 13.8 Å². The topological polar surface area (TPSA) is 117 Å². The molecule has 0 bridgehead atoms. The van der Waals surface area contributed by atoms with Crippen LogP contribution in [0.4, 0.5) is 10.2 Å². The smallest absolute Gasteiger partial charge is 0.312 e. The number of methoxy groups -OCH3 is 1. The lowest BCUT2D eigenvalue weighted by molar-refractivity contribution is -0.139. The third-order valence-electron chi connectivity index (χ3n) is 6.07. The summed E-state index contributed by atoms with van der Waals surface area (Å²) in [6, 6.07) is 4.19. The van der Waals surface area contributed by atoms with Crippen LogP contribution in [0.15, 0.2) is 12.1 Å². The van der Waals surface area contributed by atoms with Crippen molar-refractivity contribution >= 4 is 22.9 Å². The Labute approximate surface area is 191 Å². The number of halogens is 1. The van der Waals surface area contributed by atoms with Crippen LogP contribution in [0, 0.1) is 13.0 Å². The van der Waals surface area contributed by atoms with E-state index >= 15 is 0 Å². The number of benzene rings is 1. The number of amides is 1. The lowest BCUT2D eigenvalue weighted by Gasteiger charge is -2.21. The summed E-state index contributed by atoms with van der Waals surface area (Å²) in [5.41, 5.74) is 9.14. The Morgan fingerprint density at radius 1 is 1.33 bits per heavy atom. The van der Waals surface area contributed by atoms with Crippen LogP contribution in [0.25, 0.3) is 11.2 Å². The molecule has 3 N–H and O–H groups in total. The minimum atomic E-state index is -0.912. The van der Waals surface area contributed by atoms with Gasteiger partial charge in [-0.2, -0.15) is 14.4 Å². The Morgan fingerprint density at radius 3 is 2.88 bits per heavy atom. The maximum atomic E-state index is 14.0. The molecule has 33 heavy (non-hydrogen) atoms. The standard InChI is InChI=1S/C23H29FN6O3/c1-13-10-14-6-9-33-16(14)11-15(13)12-17-27-18-19(25)28-22(24)29-20(18)30(17)8-5-7-26-21(31)23(2,3)32-4/h10-11H,5-9,12H2,1-4H3,(H,26,31)(H2,25,28,29). The van der Waals surface area contributed by atoms with Crippen LogP contribution in [0.1, 0.15) is 42.8 Å². The molecule has 0 radical (unpaired) electrons. The SMILES string of the molecule is COC(C)(C)C(=O)NCCCn1c(Cc2cc3c(cc2C)CCO3)nc2c(N)nc(F)nc21. The van der Waals surface area contributed by atoms with E-state index in [0.717, 1.165) is 23.3 Å². The molecule has 0 unspecified atom stereocenters. The number of aryl methyl sites for hydroxylation is 2. The van der Waals surface area contributed by atoms with E-state index in [-0.39, 0.29) is 11.7 Å². The van der Waals surface area contributed by atoms with Gasteiger partial charge in [0.15, 0.2) is 17.0 Å². The van der Waals surface area contributed by atoms with Gasteiger partial charge in [-0.15, -0.1) is 0 Å². The van der Waals surface area contributed by atoms with Crippen LogP contribution < -0.4 is 15.8 Å². The second-order valence-corrected chi connectivity index (χ2v) is 8.72. The number of nitrogens with zero attached hydrogens (tertiary/aromatic N) is 4.